The lowest BCUT2D eigenvalue weighted by atomic mass is 10.3. The lowest BCUT2D eigenvalue weighted by Gasteiger charge is -2.12. The number of thioether (sulfide) groups is 1. The maximum absolute atomic E-state index is 11.9. The Hall–Kier alpha value is -1.31. The summed E-state index contributed by atoms with van der Waals surface area (Å²) in [7, 11) is 0. The van der Waals surface area contributed by atoms with Gasteiger partial charge >= 0.3 is 0 Å². The minimum Gasteiger partial charge on any atom is -0.353 e. The number of amides is 1. The average Bonchev–Trinajstić information content (AvgIpc) is 2.85. The van der Waals surface area contributed by atoms with Gasteiger partial charge in [0.2, 0.25) is 11.0 Å². The quantitative estimate of drug-likeness (QED) is 0.767. The molecule has 0 unspecified atom stereocenters. The second-order valence-corrected chi connectivity index (χ2v) is 7.93. The molecule has 5 nitrogen and oxygen atoms in total. The van der Waals surface area contributed by atoms with Crippen LogP contribution >= 0.6 is 34.7 Å². The average molecular weight is 357 g/mol. The third-order valence-corrected chi connectivity index (χ3v) is 4.82. The summed E-state index contributed by atoms with van der Waals surface area (Å²) in [5.41, 5.74) is 0.853. The van der Waals surface area contributed by atoms with Gasteiger partial charge in [0.05, 0.1) is 5.25 Å². The molecule has 0 aliphatic carbocycles. The molecule has 0 saturated carbocycles. The summed E-state index contributed by atoms with van der Waals surface area (Å²) in [5.74, 6) is -0.000416. The number of carbonyl (C=O) groups excluding carboxylic acids is 1. The first-order valence-electron chi connectivity index (χ1n) is 6.77. The van der Waals surface area contributed by atoms with Crippen LogP contribution in [0.2, 0.25) is 5.02 Å². The van der Waals surface area contributed by atoms with Gasteiger partial charge in [0.25, 0.3) is 0 Å². The fourth-order valence-electron chi connectivity index (χ4n) is 1.60. The van der Waals surface area contributed by atoms with Crippen LogP contribution in [0.4, 0.5) is 10.8 Å². The van der Waals surface area contributed by atoms with Gasteiger partial charge in [0.15, 0.2) is 4.34 Å². The summed E-state index contributed by atoms with van der Waals surface area (Å²) in [6, 6.07) is 7.51. The molecular weight excluding hydrogens is 340 g/mol. The molecule has 1 atom stereocenters. The van der Waals surface area contributed by atoms with Crippen LogP contribution in [0.3, 0.4) is 0 Å². The Bertz CT molecular complexity index is 647. The fraction of sp³-hybridized carbons (Fsp3) is 0.357. The topological polar surface area (TPSA) is 66.9 Å². The van der Waals surface area contributed by atoms with Crippen LogP contribution < -0.4 is 10.6 Å². The molecule has 1 amide bonds. The highest BCUT2D eigenvalue weighted by molar-refractivity contribution is 8.02. The fourth-order valence-corrected chi connectivity index (χ4v) is 3.72. The normalized spacial score (nSPS) is 12.2. The van der Waals surface area contributed by atoms with Crippen molar-refractivity contribution in [3.8, 4) is 0 Å². The lowest BCUT2D eigenvalue weighted by molar-refractivity contribution is -0.120. The van der Waals surface area contributed by atoms with Crippen molar-refractivity contribution in [2.24, 2.45) is 0 Å². The first kappa shape index (κ1) is 17.1. The van der Waals surface area contributed by atoms with Crippen LogP contribution in [-0.2, 0) is 4.79 Å². The zero-order valence-electron chi connectivity index (χ0n) is 12.5. The standard InChI is InChI=1S/C14H17ClN4OS2/c1-8(2)16-12(20)9(3)21-14-19-18-13(22-14)17-11-6-4-5-10(15)7-11/h4-9H,1-3H3,(H,16,20)(H,17,18)/t9-/m1/s1. The van der Waals surface area contributed by atoms with Crippen molar-refractivity contribution in [1.29, 1.82) is 0 Å². The smallest absolute Gasteiger partial charge is 0.233 e. The minimum atomic E-state index is -0.214. The molecule has 0 fully saturated rings. The first-order chi connectivity index (χ1) is 10.4. The van der Waals surface area contributed by atoms with E-state index in [1.807, 2.05) is 45.0 Å². The number of hydrogen-bond acceptors (Lipinski definition) is 6. The molecule has 2 aromatic rings. The Morgan fingerprint density at radius 3 is 2.77 bits per heavy atom. The summed E-state index contributed by atoms with van der Waals surface area (Å²) in [6.07, 6.45) is 0. The van der Waals surface area contributed by atoms with E-state index in [4.69, 9.17) is 11.6 Å². The highest BCUT2D eigenvalue weighted by Crippen LogP contribution is 2.30. The summed E-state index contributed by atoms with van der Waals surface area (Å²) in [5, 5.41) is 15.3. The molecular formula is C14H17ClN4OS2. The molecule has 1 aromatic heterocycles. The molecule has 1 heterocycles. The van der Waals surface area contributed by atoms with Crippen molar-refractivity contribution in [1.82, 2.24) is 15.5 Å². The van der Waals surface area contributed by atoms with Gasteiger partial charge in [0, 0.05) is 16.8 Å². The number of nitrogens with zero attached hydrogens (tertiary/aromatic N) is 2. The number of hydrogen-bond donors (Lipinski definition) is 2. The number of rotatable bonds is 6. The van der Waals surface area contributed by atoms with Crippen molar-refractivity contribution in [3.63, 3.8) is 0 Å². The van der Waals surface area contributed by atoms with Gasteiger partial charge in [-0.25, -0.2) is 0 Å². The number of nitrogens with one attached hydrogen (secondary N) is 2. The number of benzene rings is 1. The van der Waals surface area contributed by atoms with Gasteiger partial charge in [0.1, 0.15) is 0 Å². The first-order valence-corrected chi connectivity index (χ1v) is 8.84. The van der Waals surface area contributed by atoms with E-state index in [1.165, 1.54) is 23.1 Å². The molecule has 0 aliphatic rings. The predicted molar refractivity (Wildman–Crippen MR) is 93.2 cm³/mol. The Balaban J connectivity index is 1.95. The number of aromatic nitrogens is 2. The summed E-state index contributed by atoms with van der Waals surface area (Å²) >= 11 is 8.74. The van der Waals surface area contributed by atoms with Gasteiger partial charge in [-0.3, -0.25) is 4.79 Å². The molecule has 8 heteroatoms. The maximum atomic E-state index is 11.9. The molecule has 0 bridgehead atoms. The number of anilines is 2. The van der Waals surface area contributed by atoms with E-state index in [2.05, 4.69) is 20.8 Å². The Morgan fingerprint density at radius 2 is 2.09 bits per heavy atom. The van der Waals surface area contributed by atoms with E-state index in [0.29, 0.717) is 10.2 Å². The molecule has 2 rings (SSSR count). The van der Waals surface area contributed by atoms with E-state index in [0.717, 1.165) is 10.0 Å². The molecule has 0 saturated heterocycles. The van der Waals surface area contributed by atoms with E-state index >= 15 is 0 Å². The van der Waals surface area contributed by atoms with E-state index in [-0.39, 0.29) is 17.2 Å². The summed E-state index contributed by atoms with van der Waals surface area (Å²) < 4.78 is 0.746. The zero-order chi connectivity index (χ0) is 16.1. The predicted octanol–water partition coefficient (Wildman–Crippen LogP) is 3.94. The largest absolute Gasteiger partial charge is 0.353 e. The molecule has 1 aromatic carbocycles. The highest BCUT2D eigenvalue weighted by Gasteiger charge is 2.17. The Kier molecular flexibility index (Phi) is 6.05. The van der Waals surface area contributed by atoms with Gasteiger partial charge in [-0.1, -0.05) is 40.8 Å². The second kappa shape index (κ2) is 7.80. The molecule has 2 N–H and O–H groups in total. The van der Waals surface area contributed by atoms with Crippen molar-refractivity contribution >= 4 is 51.4 Å². The third-order valence-electron chi connectivity index (χ3n) is 2.56. The van der Waals surface area contributed by atoms with Gasteiger partial charge in [-0.15, -0.1) is 10.2 Å². The summed E-state index contributed by atoms with van der Waals surface area (Å²) in [4.78, 5) is 11.9. The molecule has 0 radical (unpaired) electrons. The van der Waals surface area contributed by atoms with Gasteiger partial charge in [-0.2, -0.15) is 0 Å². The lowest BCUT2D eigenvalue weighted by Crippen LogP contribution is -2.35. The van der Waals surface area contributed by atoms with E-state index < -0.39 is 0 Å². The molecule has 0 spiro atoms. The van der Waals surface area contributed by atoms with Crippen molar-refractivity contribution in [2.45, 2.75) is 36.4 Å². The minimum absolute atomic E-state index is 0.000416. The van der Waals surface area contributed by atoms with Crippen molar-refractivity contribution in [2.75, 3.05) is 5.32 Å². The van der Waals surface area contributed by atoms with Crippen LogP contribution in [0.15, 0.2) is 28.6 Å². The summed E-state index contributed by atoms with van der Waals surface area (Å²) in [6.45, 7) is 5.73. The molecule has 118 valence electrons. The Labute approximate surface area is 142 Å². The molecule has 22 heavy (non-hydrogen) atoms. The van der Waals surface area contributed by atoms with Crippen LogP contribution in [0.5, 0.6) is 0 Å². The van der Waals surface area contributed by atoms with Crippen LogP contribution in [0.1, 0.15) is 20.8 Å². The van der Waals surface area contributed by atoms with E-state index in [1.54, 1.807) is 0 Å². The van der Waals surface area contributed by atoms with E-state index in [9.17, 15) is 4.79 Å². The van der Waals surface area contributed by atoms with Gasteiger partial charge in [-0.05, 0) is 39.0 Å². The van der Waals surface area contributed by atoms with Crippen LogP contribution in [-0.4, -0.2) is 27.4 Å². The number of carbonyl (C=O) groups is 1. The van der Waals surface area contributed by atoms with Crippen LogP contribution in [0.25, 0.3) is 0 Å². The van der Waals surface area contributed by atoms with Crippen molar-refractivity contribution in [3.05, 3.63) is 29.3 Å². The zero-order valence-corrected chi connectivity index (χ0v) is 14.9. The SMILES string of the molecule is CC(C)NC(=O)[C@@H](C)Sc1nnc(Nc2cccc(Cl)c2)s1. The molecule has 0 aliphatic heterocycles. The van der Waals surface area contributed by atoms with Gasteiger partial charge < -0.3 is 10.6 Å². The van der Waals surface area contributed by atoms with Crippen LogP contribution in [0, 0.1) is 0 Å². The second-order valence-electron chi connectivity index (χ2n) is 4.93. The maximum Gasteiger partial charge on any atom is 0.233 e. The third kappa shape index (κ3) is 5.15. The number of halogens is 1. The van der Waals surface area contributed by atoms with Crippen molar-refractivity contribution < 1.29 is 4.79 Å². The highest BCUT2D eigenvalue weighted by atomic mass is 35.5. The Morgan fingerprint density at radius 1 is 1.32 bits per heavy atom. The monoisotopic (exact) mass is 356 g/mol.